The predicted octanol–water partition coefficient (Wildman–Crippen LogP) is 1.92. The van der Waals surface area contributed by atoms with E-state index in [2.05, 4.69) is 26.2 Å². The highest BCUT2D eigenvalue weighted by molar-refractivity contribution is 9.10. The van der Waals surface area contributed by atoms with Gasteiger partial charge in [-0.2, -0.15) is 0 Å². The molecule has 0 aliphatic carbocycles. The molecule has 0 bridgehead atoms. The number of aromatic nitrogens is 1. The molecular weight excluding hydrogens is 290 g/mol. The molecule has 1 atom stereocenters. The van der Waals surface area contributed by atoms with Gasteiger partial charge in [-0.25, -0.2) is 4.98 Å². The fraction of sp³-hybridized carbons (Fsp3) is 0.500. The Morgan fingerprint density at radius 1 is 1.62 bits per heavy atom. The number of nitrogens with one attached hydrogen (secondary N) is 1. The first-order valence-electron chi connectivity index (χ1n) is 5.05. The van der Waals surface area contributed by atoms with Gasteiger partial charge in [-0.3, -0.25) is 4.21 Å². The molecule has 0 aliphatic heterocycles. The molecule has 3 N–H and O–H groups in total. The first-order chi connectivity index (χ1) is 7.56. The molecule has 16 heavy (non-hydrogen) atoms. The lowest BCUT2D eigenvalue weighted by molar-refractivity contribution is 0.684. The molecule has 1 unspecified atom stereocenters. The van der Waals surface area contributed by atoms with Gasteiger partial charge in [-0.1, -0.05) is 6.92 Å². The van der Waals surface area contributed by atoms with Crippen molar-refractivity contribution in [3.05, 3.63) is 16.2 Å². The van der Waals surface area contributed by atoms with Gasteiger partial charge >= 0.3 is 0 Å². The molecule has 0 saturated heterocycles. The highest BCUT2D eigenvalue weighted by Crippen LogP contribution is 2.27. The van der Waals surface area contributed by atoms with Crippen LogP contribution in [0.2, 0.25) is 0 Å². The van der Waals surface area contributed by atoms with Crippen molar-refractivity contribution in [2.24, 2.45) is 0 Å². The van der Waals surface area contributed by atoms with Gasteiger partial charge in [-0.05, 0) is 28.4 Å². The first kappa shape index (κ1) is 13.4. The van der Waals surface area contributed by atoms with Crippen LogP contribution in [0.1, 0.15) is 12.5 Å². The summed E-state index contributed by atoms with van der Waals surface area (Å²) in [4.78, 5) is 4.18. The molecule has 0 fully saturated rings. The molecule has 1 aromatic rings. The third-order valence-corrected chi connectivity index (χ3v) is 4.52. The number of hydrogen-bond donors (Lipinski definition) is 2. The van der Waals surface area contributed by atoms with Gasteiger partial charge in [0.25, 0.3) is 0 Å². The van der Waals surface area contributed by atoms with Gasteiger partial charge in [0.2, 0.25) is 0 Å². The van der Waals surface area contributed by atoms with Crippen molar-refractivity contribution in [3.63, 3.8) is 0 Å². The van der Waals surface area contributed by atoms with Crippen LogP contribution >= 0.6 is 15.9 Å². The van der Waals surface area contributed by atoms with Crippen molar-refractivity contribution in [2.75, 3.05) is 29.1 Å². The zero-order valence-electron chi connectivity index (χ0n) is 9.42. The Morgan fingerprint density at radius 2 is 2.31 bits per heavy atom. The summed E-state index contributed by atoms with van der Waals surface area (Å²) in [6, 6.07) is 0. The van der Waals surface area contributed by atoms with Gasteiger partial charge in [0.05, 0.1) is 16.4 Å². The summed E-state index contributed by atoms with van der Waals surface area (Å²) < 4.78 is 12.1. The first-order valence-corrected chi connectivity index (χ1v) is 7.33. The van der Waals surface area contributed by atoms with E-state index in [1.165, 1.54) is 0 Å². The topological polar surface area (TPSA) is 68.0 Å². The number of pyridine rings is 1. The van der Waals surface area contributed by atoms with Crippen LogP contribution < -0.4 is 11.1 Å². The highest BCUT2D eigenvalue weighted by Gasteiger charge is 2.07. The van der Waals surface area contributed by atoms with Crippen LogP contribution in [-0.2, 0) is 10.8 Å². The number of nitrogens with zero attached hydrogens (tertiary/aromatic N) is 1. The van der Waals surface area contributed by atoms with Crippen LogP contribution in [0, 0.1) is 6.92 Å². The average molecular weight is 306 g/mol. The van der Waals surface area contributed by atoms with Gasteiger partial charge in [0.15, 0.2) is 0 Å². The maximum atomic E-state index is 11.2. The van der Waals surface area contributed by atoms with Gasteiger partial charge in [0, 0.05) is 28.9 Å². The minimum atomic E-state index is -0.747. The van der Waals surface area contributed by atoms with Crippen LogP contribution in [0.15, 0.2) is 10.7 Å². The van der Waals surface area contributed by atoms with E-state index in [1.807, 2.05) is 13.8 Å². The van der Waals surface area contributed by atoms with E-state index in [0.717, 1.165) is 15.9 Å². The largest absolute Gasteiger partial charge is 0.397 e. The summed E-state index contributed by atoms with van der Waals surface area (Å²) in [5, 5.41) is 3.14. The van der Waals surface area contributed by atoms with Gasteiger partial charge in [-0.15, -0.1) is 0 Å². The van der Waals surface area contributed by atoms with E-state index in [4.69, 9.17) is 5.73 Å². The number of nitrogen functional groups attached to an aromatic ring is 1. The van der Waals surface area contributed by atoms with Gasteiger partial charge < -0.3 is 11.1 Å². The second-order valence-electron chi connectivity index (χ2n) is 3.36. The second-order valence-corrected chi connectivity index (χ2v) is 6.02. The van der Waals surface area contributed by atoms with Crippen LogP contribution in [-0.4, -0.2) is 27.2 Å². The van der Waals surface area contributed by atoms with Crippen molar-refractivity contribution < 1.29 is 4.21 Å². The zero-order chi connectivity index (χ0) is 12.1. The Morgan fingerprint density at radius 3 is 2.94 bits per heavy atom. The fourth-order valence-corrected chi connectivity index (χ4v) is 2.23. The summed E-state index contributed by atoms with van der Waals surface area (Å²) in [6.07, 6.45) is 1.62. The molecule has 1 rings (SSSR count). The molecular formula is C10H16BrN3OS. The standard InChI is InChI=1S/C10H16BrN3OS/c1-3-16(15)5-4-13-10-9(11)7(2)8(12)6-14-10/h6H,3-5,12H2,1-2H3,(H,13,14). The smallest absolute Gasteiger partial charge is 0.140 e. The SMILES string of the molecule is CCS(=O)CCNc1ncc(N)c(C)c1Br. The number of halogens is 1. The maximum absolute atomic E-state index is 11.2. The third kappa shape index (κ3) is 3.45. The van der Waals surface area contributed by atoms with E-state index in [9.17, 15) is 4.21 Å². The van der Waals surface area contributed by atoms with E-state index in [0.29, 0.717) is 23.7 Å². The van der Waals surface area contributed by atoms with Crippen molar-refractivity contribution in [2.45, 2.75) is 13.8 Å². The summed E-state index contributed by atoms with van der Waals surface area (Å²) in [6.45, 7) is 4.49. The number of hydrogen-bond acceptors (Lipinski definition) is 4. The summed E-state index contributed by atoms with van der Waals surface area (Å²) in [5.41, 5.74) is 7.35. The lowest BCUT2D eigenvalue weighted by Crippen LogP contribution is -2.13. The molecule has 90 valence electrons. The van der Waals surface area contributed by atoms with E-state index >= 15 is 0 Å². The lowest BCUT2D eigenvalue weighted by Gasteiger charge is -2.10. The summed E-state index contributed by atoms with van der Waals surface area (Å²) >= 11 is 3.43. The number of anilines is 2. The number of nitrogens with two attached hydrogens (primary N) is 1. The molecule has 0 amide bonds. The Balaban J connectivity index is 2.61. The monoisotopic (exact) mass is 305 g/mol. The van der Waals surface area contributed by atoms with E-state index < -0.39 is 10.8 Å². The molecule has 0 aromatic carbocycles. The van der Waals surface area contributed by atoms with Crippen LogP contribution in [0.3, 0.4) is 0 Å². The molecule has 0 aliphatic rings. The second kappa shape index (κ2) is 6.20. The van der Waals surface area contributed by atoms with Crippen molar-refractivity contribution >= 4 is 38.2 Å². The molecule has 4 nitrogen and oxygen atoms in total. The van der Waals surface area contributed by atoms with Crippen LogP contribution in [0.5, 0.6) is 0 Å². The molecule has 0 saturated carbocycles. The summed E-state index contributed by atoms with van der Waals surface area (Å²) in [7, 11) is -0.747. The molecule has 1 heterocycles. The zero-order valence-corrected chi connectivity index (χ0v) is 11.8. The normalized spacial score (nSPS) is 12.4. The average Bonchev–Trinajstić information content (AvgIpc) is 2.29. The van der Waals surface area contributed by atoms with Crippen molar-refractivity contribution in [1.82, 2.24) is 4.98 Å². The van der Waals surface area contributed by atoms with E-state index in [1.54, 1.807) is 6.20 Å². The van der Waals surface area contributed by atoms with E-state index in [-0.39, 0.29) is 0 Å². The summed E-state index contributed by atoms with van der Waals surface area (Å²) in [5.74, 6) is 2.07. The Kier molecular flexibility index (Phi) is 5.21. The molecule has 1 aromatic heterocycles. The Labute approximate surface area is 107 Å². The maximum Gasteiger partial charge on any atom is 0.140 e. The van der Waals surface area contributed by atoms with Crippen LogP contribution in [0.4, 0.5) is 11.5 Å². The van der Waals surface area contributed by atoms with Crippen molar-refractivity contribution in [3.8, 4) is 0 Å². The highest BCUT2D eigenvalue weighted by atomic mass is 79.9. The lowest BCUT2D eigenvalue weighted by atomic mass is 10.2. The minimum absolute atomic E-state index is 0.633. The molecule has 0 spiro atoms. The molecule has 6 heteroatoms. The minimum Gasteiger partial charge on any atom is -0.397 e. The molecule has 0 radical (unpaired) electrons. The quantitative estimate of drug-likeness (QED) is 0.872. The predicted molar refractivity (Wildman–Crippen MR) is 73.1 cm³/mol. The Bertz CT molecular complexity index is 398. The van der Waals surface area contributed by atoms with Crippen molar-refractivity contribution in [1.29, 1.82) is 0 Å². The van der Waals surface area contributed by atoms with Crippen LogP contribution in [0.25, 0.3) is 0 Å². The van der Waals surface area contributed by atoms with Gasteiger partial charge in [0.1, 0.15) is 5.82 Å². The Hall–Kier alpha value is -0.620. The number of rotatable bonds is 5. The fourth-order valence-electron chi connectivity index (χ4n) is 1.14. The third-order valence-electron chi connectivity index (χ3n) is 2.25.